The van der Waals surface area contributed by atoms with Crippen LogP contribution in [0, 0.1) is 0 Å². The first-order valence-corrected chi connectivity index (χ1v) is 10.2. The van der Waals surface area contributed by atoms with Crippen molar-refractivity contribution >= 4 is 18.2 Å². The van der Waals surface area contributed by atoms with Crippen molar-refractivity contribution in [2.45, 2.75) is 25.5 Å². The Morgan fingerprint density at radius 1 is 0.968 bits per heavy atom. The molecule has 1 atom stereocenters. The van der Waals surface area contributed by atoms with Crippen molar-refractivity contribution in [3.8, 4) is 5.75 Å². The average molecular weight is 413 g/mol. The monoisotopic (exact) mass is 413 g/mol. The van der Waals surface area contributed by atoms with Gasteiger partial charge in [-0.2, -0.15) is 5.10 Å². The van der Waals surface area contributed by atoms with Gasteiger partial charge in [-0.25, -0.2) is 4.79 Å². The highest BCUT2D eigenvalue weighted by molar-refractivity contribution is 6.07. The average Bonchev–Trinajstić information content (AvgIpc) is 3.07. The van der Waals surface area contributed by atoms with Crippen LogP contribution < -0.4 is 10.1 Å². The smallest absolute Gasteiger partial charge is 0.346 e. The third-order valence-corrected chi connectivity index (χ3v) is 5.30. The molecule has 31 heavy (non-hydrogen) atoms. The number of carbonyl (C=O) groups excluding carboxylic acids is 2. The van der Waals surface area contributed by atoms with Gasteiger partial charge in [0, 0.05) is 0 Å². The van der Waals surface area contributed by atoms with Gasteiger partial charge in [0.1, 0.15) is 17.9 Å². The van der Waals surface area contributed by atoms with E-state index in [1.807, 2.05) is 91.9 Å². The Balaban J connectivity index is 1.49. The Hall–Kier alpha value is -3.93. The molecule has 1 fully saturated rings. The highest BCUT2D eigenvalue weighted by atomic mass is 16.5. The third-order valence-electron chi connectivity index (χ3n) is 5.30. The zero-order valence-corrected chi connectivity index (χ0v) is 17.2. The molecule has 3 aromatic carbocycles. The van der Waals surface area contributed by atoms with Crippen LogP contribution in [0.15, 0.2) is 90.0 Å². The number of nitrogens with zero attached hydrogens (tertiary/aromatic N) is 2. The number of carbonyl (C=O) groups is 2. The minimum absolute atomic E-state index is 0.390. The summed E-state index contributed by atoms with van der Waals surface area (Å²) in [7, 11) is 0. The standard InChI is InChI=1S/C25H23N3O3/c1-2-25(21-13-7-4-8-14-21)23(29)28(24(30)27-25)26-17-20-12-9-15-22(16-20)31-18-19-10-5-3-6-11-19/h3-17H,2,18H2,1H3,(H,27,30)/b26-17-/t25-/m1/s1. The van der Waals surface area contributed by atoms with Gasteiger partial charge in [-0.15, -0.1) is 5.01 Å². The fraction of sp³-hybridized carbons (Fsp3) is 0.160. The summed E-state index contributed by atoms with van der Waals surface area (Å²) in [5.41, 5.74) is 1.43. The van der Waals surface area contributed by atoms with E-state index < -0.39 is 11.6 Å². The van der Waals surface area contributed by atoms with Crippen molar-refractivity contribution in [3.05, 3.63) is 102 Å². The van der Waals surface area contributed by atoms with E-state index in [4.69, 9.17) is 4.74 Å². The molecular formula is C25H23N3O3. The second kappa shape index (κ2) is 8.83. The predicted octanol–water partition coefficient (Wildman–Crippen LogP) is 4.46. The summed E-state index contributed by atoms with van der Waals surface area (Å²) in [4.78, 5) is 25.7. The molecule has 0 unspecified atom stereocenters. The maximum atomic E-state index is 13.1. The molecule has 1 aliphatic heterocycles. The Morgan fingerprint density at radius 2 is 1.68 bits per heavy atom. The van der Waals surface area contributed by atoms with Crippen LogP contribution in [0.1, 0.15) is 30.0 Å². The minimum Gasteiger partial charge on any atom is -0.489 e. The zero-order valence-electron chi connectivity index (χ0n) is 17.2. The molecule has 0 bridgehead atoms. The van der Waals surface area contributed by atoms with Crippen molar-refractivity contribution in [1.29, 1.82) is 0 Å². The number of urea groups is 1. The van der Waals surface area contributed by atoms with E-state index >= 15 is 0 Å². The SMILES string of the molecule is CC[C@]1(c2ccccc2)NC(=O)N(/N=C\c2cccc(OCc3ccccc3)c2)C1=O. The molecule has 4 rings (SSSR count). The lowest BCUT2D eigenvalue weighted by molar-refractivity contribution is -0.131. The van der Waals surface area contributed by atoms with Gasteiger partial charge in [-0.3, -0.25) is 4.79 Å². The summed E-state index contributed by atoms with van der Waals surface area (Å²) >= 11 is 0. The van der Waals surface area contributed by atoms with Crippen LogP contribution in [0.4, 0.5) is 4.79 Å². The van der Waals surface area contributed by atoms with E-state index in [1.54, 1.807) is 0 Å². The van der Waals surface area contributed by atoms with E-state index in [2.05, 4.69) is 10.4 Å². The summed E-state index contributed by atoms with van der Waals surface area (Å²) in [5, 5.41) is 7.89. The van der Waals surface area contributed by atoms with Gasteiger partial charge in [0.05, 0.1) is 6.21 Å². The predicted molar refractivity (Wildman–Crippen MR) is 119 cm³/mol. The summed E-state index contributed by atoms with van der Waals surface area (Å²) in [6.07, 6.45) is 1.92. The Labute approximate surface area is 181 Å². The molecule has 1 saturated heterocycles. The summed E-state index contributed by atoms with van der Waals surface area (Å²) in [6, 6.07) is 25.9. The zero-order chi connectivity index (χ0) is 21.7. The molecule has 1 heterocycles. The van der Waals surface area contributed by atoms with Crippen LogP contribution in [-0.4, -0.2) is 23.2 Å². The van der Waals surface area contributed by atoms with Crippen LogP contribution in [-0.2, 0) is 16.9 Å². The highest BCUT2D eigenvalue weighted by Crippen LogP contribution is 2.32. The Kier molecular flexibility index (Phi) is 5.80. The van der Waals surface area contributed by atoms with Crippen molar-refractivity contribution in [1.82, 2.24) is 10.3 Å². The molecule has 0 radical (unpaired) electrons. The topological polar surface area (TPSA) is 71.0 Å². The maximum Gasteiger partial charge on any atom is 0.346 e. The lowest BCUT2D eigenvalue weighted by Gasteiger charge is -2.24. The third kappa shape index (κ3) is 4.19. The van der Waals surface area contributed by atoms with Gasteiger partial charge in [-0.1, -0.05) is 79.7 Å². The number of hydrazone groups is 1. The minimum atomic E-state index is -1.10. The van der Waals surface area contributed by atoms with Crippen molar-refractivity contribution in [2.75, 3.05) is 0 Å². The number of hydrogen-bond donors (Lipinski definition) is 1. The second-order valence-electron chi connectivity index (χ2n) is 7.26. The summed E-state index contributed by atoms with van der Waals surface area (Å²) < 4.78 is 5.83. The fourth-order valence-corrected chi connectivity index (χ4v) is 3.58. The molecule has 3 amide bonds. The molecule has 0 aromatic heterocycles. The number of imide groups is 1. The number of rotatable bonds is 7. The first-order valence-electron chi connectivity index (χ1n) is 10.2. The maximum absolute atomic E-state index is 13.1. The van der Waals surface area contributed by atoms with E-state index in [-0.39, 0.29) is 5.91 Å². The van der Waals surface area contributed by atoms with Gasteiger partial charge in [-0.05, 0) is 35.2 Å². The van der Waals surface area contributed by atoms with Crippen LogP contribution in [0.2, 0.25) is 0 Å². The molecule has 3 aromatic rings. The lowest BCUT2D eigenvalue weighted by atomic mass is 9.87. The molecule has 0 spiro atoms. The first kappa shape index (κ1) is 20.3. The van der Waals surface area contributed by atoms with E-state index in [0.29, 0.717) is 18.8 Å². The largest absolute Gasteiger partial charge is 0.489 e. The van der Waals surface area contributed by atoms with Gasteiger partial charge in [0.15, 0.2) is 0 Å². The Bertz CT molecular complexity index is 1100. The molecule has 0 saturated carbocycles. The molecule has 1 N–H and O–H groups in total. The van der Waals surface area contributed by atoms with Gasteiger partial charge >= 0.3 is 6.03 Å². The normalized spacial score (nSPS) is 18.4. The van der Waals surface area contributed by atoms with Crippen LogP contribution in [0.5, 0.6) is 5.75 Å². The first-order chi connectivity index (χ1) is 15.1. The summed E-state index contributed by atoms with van der Waals surface area (Å²) in [6.45, 7) is 2.32. The van der Waals surface area contributed by atoms with Gasteiger partial charge < -0.3 is 10.1 Å². The van der Waals surface area contributed by atoms with Crippen molar-refractivity contribution < 1.29 is 14.3 Å². The van der Waals surface area contributed by atoms with Crippen LogP contribution >= 0.6 is 0 Å². The van der Waals surface area contributed by atoms with E-state index in [0.717, 1.165) is 21.7 Å². The van der Waals surface area contributed by atoms with Crippen LogP contribution in [0.25, 0.3) is 0 Å². The number of benzene rings is 3. The fourth-order valence-electron chi connectivity index (χ4n) is 3.58. The molecule has 6 heteroatoms. The van der Waals surface area contributed by atoms with Gasteiger partial charge in [0.25, 0.3) is 5.91 Å². The van der Waals surface area contributed by atoms with E-state index in [1.165, 1.54) is 6.21 Å². The number of ether oxygens (including phenoxy) is 1. The van der Waals surface area contributed by atoms with Gasteiger partial charge in [0.2, 0.25) is 0 Å². The highest BCUT2D eigenvalue weighted by Gasteiger charge is 2.51. The van der Waals surface area contributed by atoms with Crippen LogP contribution in [0.3, 0.4) is 0 Å². The summed E-state index contributed by atoms with van der Waals surface area (Å²) in [5.74, 6) is 0.288. The molecular weight excluding hydrogens is 390 g/mol. The molecule has 0 aliphatic carbocycles. The molecule has 1 aliphatic rings. The lowest BCUT2D eigenvalue weighted by Crippen LogP contribution is -2.43. The van der Waals surface area contributed by atoms with E-state index in [9.17, 15) is 9.59 Å². The molecule has 6 nitrogen and oxygen atoms in total. The van der Waals surface area contributed by atoms with Crippen molar-refractivity contribution in [2.24, 2.45) is 5.10 Å². The Morgan fingerprint density at radius 3 is 2.39 bits per heavy atom. The quantitative estimate of drug-likeness (QED) is 0.459. The number of nitrogens with one attached hydrogen (secondary N) is 1. The second-order valence-corrected chi connectivity index (χ2v) is 7.26. The molecule has 156 valence electrons. The number of amides is 3. The van der Waals surface area contributed by atoms with Crippen molar-refractivity contribution in [3.63, 3.8) is 0 Å². The number of hydrogen-bond acceptors (Lipinski definition) is 4.